The average molecular weight is 491 g/mol. The maximum absolute atomic E-state index is 6.64. The van der Waals surface area contributed by atoms with Crippen LogP contribution in [0.25, 0.3) is 22.2 Å². The van der Waals surface area contributed by atoms with E-state index in [0.29, 0.717) is 69.3 Å². The van der Waals surface area contributed by atoms with Crippen molar-refractivity contribution in [2.45, 2.75) is 25.3 Å². The molecule has 1 saturated carbocycles. The number of ether oxygens (including phenoxy) is 4. The highest BCUT2D eigenvalue weighted by Crippen LogP contribution is 2.46. The van der Waals surface area contributed by atoms with Gasteiger partial charge >= 0.3 is 0 Å². The summed E-state index contributed by atoms with van der Waals surface area (Å²) < 4.78 is 22.4. The third kappa shape index (κ3) is 4.60. The Labute approximate surface area is 201 Å². The summed E-state index contributed by atoms with van der Waals surface area (Å²) in [5.74, 6) is 2.35. The van der Waals surface area contributed by atoms with E-state index in [9.17, 15) is 0 Å². The molecule has 33 heavy (non-hydrogen) atoms. The minimum atomic E-state index is 0.187. The van der Waals surface area contributed by atoms with Crippen LogP contribution in [0, 0.1) is 5.92 Å². The van der Waals surface area contributed by atoms with E-state index in [2.05, 4.69) is 10.3 Å². The molecule has 1 aromatic carbocycles. The molecule has 1 aliphatic carbocycles. The van der Waals surface area contributed by atoms with Crippen LogP contribution in [0.5, 0.6) is 17.4 Å². The molecule has 2 aromatic heterocycles. The second-order valence-electron chi connectivity index (χ2n) is 8.19. The number of anilines is 1. The second-order valence-corrected chi connectivity index (χ2v) is 8.94. The molecule has 174 valence electrons. The number of benzene rings is 1. The van der Waals surface area contributed by atoms with E-state index in [-0.39, 0.29) is 6.04 Å². The van der Waals surface area contributed by atoms with Gasteiger partial charge in [0.2, 0.25) is 11.8 Å². The summed E-state index contributed by atoms with van der Waals surface area (Å²) in [4.78, 5) is 14.0. The Bertz CT molecular complexity index is 1150. The van der Waals surface area contributed by atoms with Crippen LogP contribution in [0.2, 0.25) is 10.0 Å². The zero-order chi connectivity index (χ0) is 22.9. The summed E-state index contributed by atoms with van der Waals surface area (Å²) in [5, 5.41) is 4.76. The van der Waals surface area contributed by atoms with Crippen molar-refractivity contribution in [2.75, 3.05) is 39.4 Å². The number of nitrogens with one attached hydrogen (secondary N) is 1. The Kier molecular flexibility index (Phi) is 6.32. The van der Waals surface area contributed by atoms with Crippen molar-refractivity contribution in [1.29, 1.82) is 0 Å². The lowest BCUT2D eigenvalue weighted by Gasteiger charge is -2.16. The first-order valence-electron chi connectivity index (χ1n) is 10.8. The number of pyridine rings is 1. The number of hydrogen-bond donors (Lipinski definition) is 1. The van der Waals surface area contributed by atoms with Crippen molar-refractivity contribution < 1.29 is 18.9 Å². The van der Waals surface area contributed by atoms with Crippen molar-refractivity contribution in [3.8, 4) is 28.6 Å². The Balaban J connectivity index is 1.61. The Morgan fingerprint density at radius 1 is 1.06 bits per heavy atom. The van der Waals surface area contributed by atoms with Gasteiger partial charge < -0.3 is 24.3 Å². The molecule has 3 heterocycles. The Hall–Kier alpha value is -2.55. The third-order valence-electron chi connectivity index (χ3n) is 5.78. The number of halogens is 2. The zero-order valence-corrected chi connectivity index (χ0v) is 19.9. The molecule has 1 atom stereocenters. The fourth-order valence-corrected chi connectivity index (χ4v) is 4.43. The first-order chi connectivity index (χ1) is 16.1. The summed E-state index contributed by atoms with van der Waals surface area (Å²) >= 11 is 13.3. The van der Waals surface area contributed by atoms with Gasteiger partial charge in [-0.3, -0.25) is 0 Å². The van der Waals surface area contributed by atoms with E-state index in [1.807, 2.05) is 6.07 Å². The maximum Gasteiger partial charge on any atom is 0.241 e. The smallest absolute Gasteiger partial charge is 0.241 e. The summed E-state index contributed by atoms with van der Waals surface area (Å²) in [5.41, 5.74) is 1.64. The van der Waals surface area contributed by atoms with Gasteiger partial charge in [0.15, 0.2) is 0 Å². The van der Waals surface area contributed by atoms with E-state index >= 15 is 0 Å². The molecular weight excluding hydrogens is 467 g/mol. The molecule has 8 nitrogen and oxygen atoms in total. The number of nitrogens with zero attached hydrogens (tertiary/aromatic N) is 3. The highest BCUT2D eigenvalue weighted by molar-refractivity contribution is 6.41. The lowest BCUT2D eigenvalue weighted by atomic mass is 10.1. The molecule has 1 N–H and O–H groups in total. The van der Waals surface area contributed by atoms with Gasteiger partial charge in [0.25, 0.3) is 0 Å². The second kappa shape index (κ2) is 9.37. The van der Waals surface area contributed by atoms with Gasteiger partial charge in [0.1, 0.15) is 17.0 Å². The topological polar surface area (TPSA) is 87.6 Å². The predicted octanol–water partition coefficient (Wildman–Crippen LogP) is 5.01. The van der Waals surface area contributed by atoms with E-state index in [4.69, 9.17) is 52.1 Å². The minimum Gasteiger partial charge on any atom is -0.495 e. The Morgan fingerprint density at radius 3 is 2.45 bits per heavy atom. The molecule has 0 amide bonds. The molecule has 0 bridgehead atoms. The molecule has 5 rings (SSSR count). The van der Waals surface area contributed by atoms with Crippen LogP contribution in [-0.4, -0.2) is 55.0 Å². The highest BCUT2D eigenvalue weighted by Gasteiger charge is 2.25. The number of rotatable bonds is 8. The number of methoxy groups -OCH3 is 2. The van der Waals surface area contributed by atoms with Gasteiger partial charge in [-0.1, -0.05) is 23.2 Å². The van der Waals surface area contributed by atoms with Crippen LogP contribution >= 0.6 is 23.2 Å². The molecular formula is C23H24Cl2N4O4. The van der Waals surface area contributed by atoms with Crippen LogP contribution < -0.4 is 19.5 Å². The number of aromatic nitrogens is 3. The molecule has 1 aliphatic heterocycles. The number of hydrogen-bond acceptors (Lipinski definition) is 8. The van der Waals surface area contributed by atoms with Gasteiger partial charge in [-0.05, 0) is 31.2 Å². The molecule has 2 fully saturated rings. The standard InChI is InChI=1S/C23H24Cl2N4O4/c1-30-16-8-17(31-2)20(25)18(19(16)24)15-7-13-9-26-23(27-14-5-6-32-11-14)29-21(13)22(28-15)33-10-12-3-4-12/h7-9,12,14H,3-6,10-11H2,1-2H3,(H,26,27,29). The first kappa shape index (κ1) is 22.3. The van der Waals surface area contributed by atoms with E-state index in [1.165, 1.54) is 14.2 Å². The predicted molar refractivity (Wildman–Crippen MR) is 127 cm³/mol. The van der Waals surface area contributed by atoms with Crippen molar-refractivity contribution >= 4 is 40.1 Å². The van der Waals surface area contributed by atoms with Gasteiger partial charge in [0, 0.05) is 29.8 Å². The lowest BCUT2D eigenvalue weighted by molar-refractivity contribution is 0.195. The van der Waals surface area contributed by atoms with Gasteiger partial charge in [0.05, 0.1) is 49.2 Å². The van der Waals surface area contributed by atoms with Crippen molar-refractivity contribution in [3.63, 3.8) is 0 Å². The molecule has 1 unspecified atom stereocenters. The molecule has 1 saturated heterocycles. The fraction of sp³-hybridized carbons (Fsp3) is 0.435. The zero-order valence-electron chi connectivity index (χ0n) is 18.4. The van der Waals surface area contributed by atoms with Crippen molar-refractivity contribution in [1.82, 2.24) is 15.0 Å². The van der Waals surface area contributed by atoms with Gasteiger partial charge in [-0.2, -0.15) is 0 Å². The monoisotopic (exact) mass is 490 g/mol. The quantitative estimate of drug-likeness (QED) is 0.471. The van der Waals surface area contributed by atoms with Gasteiger partial charge in [-0.25, -0.2) is 15.0 Å². The van der Waals surface area contributed by atoms with Crippen LogP contribution in [0.1, 0.15) is 19.3 Å². The molecule has 0 spiro atoms. The van der Waals surface area contributed by atoms with Crippen molar-refractivity contribution in [3.05, 3.63) is 28.4 Å². The molecule has 2 aliphatic rings. The van der Waals surface area contributed by atoms with E-state index in [1.54, 1.807) is 12.3 Å². The summed E-state index contributed by atoms with van der Waals surface area (Å²) in [6.45, 7) is 1.95. The fourth-order valence-electron chi connectivity index (χ4n) is 3.73. The van der Waals surface area contributed by atoms with E-state index in [0.717, 1.165) is 31.3 Å². The van der Waals surface area contributed by atoms with Crippen LogP contribution in [0.15, 0.2) is 18.3 Å². The largest absolute Gasteiger partial charge is 0.495 e. The molecule has 0 radical (unpaired) electrons. The molecule has 10 heteroatoms. The summed E-state index contributed by atoms with van der Waals surface area (Å²) in [6, 6.07) is 3.67. The maximum atomic E-state index is 6.64. The minimum absolute atomic E-state index is 0.187. The van der Waals surface area contributed by atoms with Gasteiger partial charge in [-0.15, -0.1) is 0 Å². The Morgan fingerprint density at radius 2 is 1.82 bits per heavy atom. The van der Waals surface area contributed by atoms with Crippen LogP contribution in [0.4, 0.5) is 5.95 Å². The lowest BCUT2D eigenvalue weighted by Crippen LogP contribution is -2.20. The van der Waals surface area contributed by atoms with E-state index < -0.39 is 0 Å². The third-order valence-corrected chi connectivity index (χ3v) is 6.53. The van der Waals surface area contributed by atoms with Crippen LogP contribution in [-0.2, 0) is 4.74 Å². The summed E-state index contributed by atoms with van der Waals surface area (Å²) in [6.07, 6.45) is 4.98. The normalized spacial score (nSPS) is 17.9. The molecule has 3 aromatic rings. The highest BCUT2D eigenvalue weighted by atomic mass is 35.5. The average Bonchev–Trinajstić information content (AvgIpc) is 3.52. The van der Waals surface area contributed by atoms with Crippen LogP contribution in [0.3, 0.4) is 0 Å². The number of fused-ring (bicyclic) bond motifs is 1. The summed E-state index contributed by atoms with van der Waals surface area (Å²) in [7, 11) is 3.07. The first-order valence-corrected chi connectivity index (χ1v) is 11.6. The van der Waals surface area contributed by atoms with Crippen molar-refractivity contribution in [2.24, 2.45) is 5.92 Å². The SMILES string of the molecule is COc1cc(OC)c(Cl)c(-c2cc3cnc(NC4CCOC4)nc3c(OCC3CC3)n2)c1Cl.